The van der Waals surface area contributed by atoms with Crippen molar-refractivity contribution in [1.82, 2.24) is 24.4 Å². The van der Waals surface area contributed by atoms with Gasteiger partial charge in [-0.3, -0.25) is 14.3 Å². The number of aryl methyl sites for hydroxylation is 1. The first-order chi connectivity index (χ1) is 14.8. The van der Waals surface area contributed by atoms with Crippen LogP contribution in [0.25, 0.3) is 11.2 Å². The Bertz CT molecular complexity index is 1210. The zero-order valence-electron chi connectivity index (χ0n) is 16.8. The van der Waals surface area contributed by atoms with Gasteiger partial charge in [-0.25, -0.2) is 4.79 Å². The van der Waals surface area contributed by atoms with Crippen LogP contribution >= 0.6 is 23.2 Å². The standard InChI is InChI=1S/C19H22Cl2N6O4/c1-25-16-15(17(29)24-19(25)30)27(18(23-16)26-6-4-22-5-7-26)9-12(28)10-31-14-3-2-11(20)8-13(14)21/h2-3,8,12,22,28H,4-7,9-10H2,1H3,(H,24,29,30)/t12-/m1/s1. The number of aliphatic hydroxyl groups is 1. The molecule has 0 radical (unpaired) electrons. The van der Waals surface area contributed by atoms with Gasteiger partial charge in [0.15, 0.2) is 11.2 Å². The number of piperazine rings is 1. The number of ether oxygens (including phenoxy) is 1. The highest BCUT2D eigenvalue weighted by atomic mass is 35.5. The van der Waals surface area contributed by atoms with E-state index in [0.717, 1.165) is 13.1 Å². The van der Waals surface area contributed by atoms with Crippen molar-refractivity contribution in [3.8, 4) is 5.75 Å². The maximum absolute atomic E-state index is 12.6. The SMILES string of the molecule is Cn1c(=O)[nH]c(=O)c2c1nc(N1CCNCC1)n2C[C@@H](O)COc1ccc(Cl)cc1Cl. The Balaban J connectivity index is 1.65. The third-order valence-electron chi connectivity index (χ3n) is 5.11. The predicted molar refractivity (Wildman–Crippen MR) is 119 cm³/mol. The zero-order valence-corrected chi connectivity index (χ0v) is 18.3. The van der Waals surface area contributed by atoms with Gasteiger partial charge in [0.25, 0.3) is 5.56 Å². The first kappa shape index (κ1) is 21.7. The van der Waals surface area contributed by atoms with Crippen LogP contribution in [-0.2, 0) is 13.6 Å². The number of imidazole rings is 1. The van der Waals surface area contributed by atoms with E-state index >= 15 is 0 Å². The minimum absolute atomic E-state index is 0.0439. The van der Waals surface area contributed by atoms with Crippen molar-refractivity contribution >= 4 is 40.3 Å². The first-order valence-electron chi connectivity index (χ1n) is 9.76. The van der Waals surface area contributed by atoms with Crippen LogP contribution in [0.3, 0.4) is 0 Å². The first-order valence-corrected chi connectivity index (χ1v) is 10.5. The molecule has 0 amide bonds. The number of anilines is 1. The van der Waals surface area contributed by atoms with Crippen molar-refractivity contribution in [2.24, 2.45) is 7.05 Å². The van der Waals surface area contributed by atoms with Crippen molar-refractivity contribution in [1.29, 1.82) is 0 Å². The molecule has 0 unspecified atom stereocenters. The second-order valence-corrected chi connectivity index (χ2v) is 8.13. The van der Waals surface area contributed by atoms with E-state index in [1.54, 1.807) is 29.8 Å². The molecule has 1 fully saturated rings. The molecule has 2 aromatic heterocycles. The Morgan fingerprint density at radius 1 is 1.26 bits per heavy atom. The fourth-order valence-corrected chi connectivity index (χ4v) is 4.01. The van der Waals surface area contributed by atoms with E-state index in [2.05, 4.69) is 15.3 Å². The summed E-state index contributed by atoms with van der Waals surface area (Å²) in [4.78, 5) is 33.5. The highest BCUT2D eigenvalue weighted by Crippen LogP contribution is 2.28. The number of hydrogen-bond donors (Lipinski definition) is 3. The van der Waals surface area contributed by atoms with Crippen LogP contribution in [0, 0.1) is 0 Å². The highest BCUT2D eigenvalue weighted by Gasteiger charge is 2.24. The number of rotatable bonds is 6. The number of nitrogens with zero attached hydrogens (tertiary/aromatic N) is 4. The van der Waals surface area contributed by atoms with Crippen LogP contribution in [0.5, 0.6) is 5.75 Å². The molecule has 3 N–H and O–H groups in total. The van der Waals surface area contributed by atoms with E-state index in [9.17, 15) is 14.7 Å². The predicted octanol–water partition coefficient (Wildman–Crippen LogP) is 0.580. The normalized spacial score (nSPS) is 15.4. The van der Waals surface area contributed by atoms with Crippen LogP contribution < -0.4 is 26.2 Å². The topological polar surface area (TPSA) is 117 Å². The van der Waals surface area contributed by atoms with Crippen LogP contribution in [0.1, 0.15) is 0 Å². The Labute approximate surface area is 187 Å². The molecule has 3 heterocycles. The molecule has 31 heavy (non-hydrogen) atoms. The van der Waals surface area contributed by atoms with E-state index in [4.69, 9.17) is 27.9 Å². The van der Waals surface area contributed by atoms with Gasteiger partial charge in [0.2, 0.25) is 5.95 Å². The van der Waals surface area contributed by atoms with E-state index in [-0.39, 0.29) is 24.3 Å². The molecule has 0 aliphatic carbocycles. The lowest BCUT2D eigenvalue weighted by Crippen LogP contribution is -2.45. The lowest BCUT2D eigenvalue weighted by Gasteiger charge is -2.29. The number of hydrogen-bond acceptors (Lipinski definition) is 7. The highest BCUT2D eigenvalue weighted by molar-refractivity contribution is 6.35. The maximum Gasteiger partial charge on any atom is 0.329 e. The summed E-state index contributed by atoms with van der Waals surface area (Å²) in [7, 11) is 1.54. The fourth-order valence-electron chi connectivity index (χ4n) is 3.54. The van der Waals surface area contributed by atoms with E-state index in [0.29, 0.717) is 34.8 Å². The van der Waals surface area contributed by atoms with Crippen molar-refractivity contribution in [3.05, 3.63) is 49.1 Å². The van der Waals surface area contributed by atoms with Gasteiger partial charge < -0.3 is 24.6 Å². The van der Waals surface area contributed by atoms with Crippen LogP contribution in [0.4, 0.5) is 5.95 Å². The van der Waals surface area contributed by atoms with Crippen molar-refractivity contribution < 1.29 is 9.84 Å². The van der Waals surface area contributed by atoms with Gasteiger partial charge in [-0.15, -0.1) is 0 Å². The Morgan fingerprint density at radius 3 is 2.71 bits per heavy atom. The van der Waals surface area contributed by atoms with Crippen molar-refractivity contribution in [2.75, 3.05) is 37.7 Å². The zero-order chi connectivity index (χ0) is 22.1. The van der Waals surface area contributed by atoms with Crippen LogP contribution in [0.15, 0.2) is 27.8 Å². The van der Waals surface area contributed by atoms with Crippen molar-refractivity contribution in [2.45, 2.75) is 12.6 Å². The molecule has 0 bridgehead atoms. The number of halogens is 2. The number of aliphatic hydroxyl groups excluding tert-OH is 1. The number of fused-ring (bicyclic) bond motifs is 1. The number of H-pyrrole nitrogens is 1. The van der Waals surface area contributed by atoms with Gasteiger partial charge >= 0.3 is 5.69 Å². The minimum Gasteiger partial charge on any atom is -0.489 e. The summed E-state index contributed by atoms with van der Waals surface area (Å²) in [6.45, 7) is 2.87. The summed E-state index contributed by atoms with van der Waals surface area (Å²) in [6, 6.07) is 4.81. The van der Waals surface area contributed by atoms with E-state index in [1.165, 1.54) is 4.57 Å². The quantitative estimate of drug-likeness (QED) is 0.484. The summed E-state index contributed by atoms with van der Waals surface area (Å²) in [5, 5.41) is 14.7. The molecule has 3 aromatic rings. The lowest BCUT2D eigenvalue weighted by molar-refractivity contribution is 0.0936. The lowest BCUT2D eigenvalue weighted by atomic mass is 10.3. The molecule has 1 saturated heterocycles. The molecule has 1 atom stereocenters. The van der Waals surface area contributed by atoms with Gasteiger partial charge in [0.05, 0.1) is 11.6 Å². The minimum atomic E-state index is -0.970. The molecule has 1 aliphatic rings. The molecule has 10 nitrogen and oxygen atoms in total. The summed E-state index contributed by atoms with van der Waals surface area (Å²) >= 11 is 12.0. The van der Waals surface area contributed by atoms with Gasteiger partial charge in [-0.1, -0.05) is 23.2 Å². The Hall–Kier alpha value is -2.53. The van der Waals surface area contributed by atoms with Crippen LogP contribution in [0.2, 0.25) is 10.0 Å². The summed E-state index contributed by atoms with van der Waals surface area (Å²) in [5.41, 5.74) is -0.619. The Kier molecular flexibility index (Phi) is 6.24. The number of aromatic amines is 1. The summed E-state index contributed by atoms with van der Waals surface area (Å²) in [5.74, 6) is 0.912. The average molecular weight is 469 g/mol. The Morgan fingerprint density at radius 2 is 2.00 bits per heavy atom. The molecule has 1 aromatic carbocycles. The largest absolute Gasteiger partial charge is 0.489 e. The van der Waals surface area contributed by atoms with Crippen molar-refractivity contribution in [3.63, 3.8) is 0 Å². The molecule has 4 rings (SSSR count). The maximum atomic E-state index is 12.6. The molecule has 1 aliphatic heterocycles. The molecular weight excluding hydrogens is 447 g/mol. The number of nitrogens with one attached hydrogen (secondary N) is 2. The van der Waals surface area contributed by atoms with Crippen LogP contribution in [-0.4, -0.2) is 63.1 Å². The number of aromatic nitrogens is 4. The van der Waals surface area contributed by atoms with E-state index < -0.39 is 17.4 Å². The monoisotopic (exact) mass is 468 g/mol. The van der Waals surface area contributed by atoms with Gasteiger partial charge in [0, 0.05) is 38.2 Å². The molecular formula is C19H22Cl2N6O4. The molecule has 166 valence electrons. The average Bonchev–Trinajstić information content (AvgIpc) is 3.12. The number of benzene rings is 1. The fraction of sp³-hybridized carbons (Fsp3) is 0.421. The third-order valence-corrected chi connectivity index (χ3v) is 5.64. The van der Waals surface area contributed by atoms with Gasteiger partial charge in [0.1, 0.15) is 18.5 Å². The molecule has 12 heteroatoms. The second-order valence-electron chi connectivity index (χ2n) is 7.29. The van der Waals surface area contributed by atoms with Gasteiger partial charge in [-0.05, 0) is 18.2 Å². The second kappa shape index (κ2) is 8.91. The van der Waals surface area contributed by atoms with Gasteiger partial charge in [-0.2, -0.15) is 4.98 Å². The summed E-state index contributed by atoms with van der Waals surface area (Å²) < 4.78 is 8.56. The summed E-state index contributed by atoms with van der Waals surface area (Å²) in [6.07, 6.45) is -0.970. The smallest absolute Gasteiger partial charge is 0.329 e. The van der Waals surface area contributed by atoms with E-state index in [1.807, 2.05) is 4.90 Å². The molecule has 0 spiro atoms. The third kappa shape index (κ3) is 4.42. The molecule has 0 saturated carbocycles.